The van der Waals surface area contributed by atoms with Crippen molar-refractivity contribution < 1.29 is 23.9 Å². The molecular formula is C36H34ClN3O5S2. The van der Waals surface area contributed by atoms with Crippen LogP contribution in [0.15, 0.2) is 89.5 Å². The van der Waals surface area contributed by atoms with Crippen LogP contribution in [0.25, 0.3) is 6.08 Å². The Labute approximate surface area is 286 Å². The summed E-state index contributed by atoms with van der Waals surface area (Å²) in [6.07, 6.45) is 4.21. The maximum Gasteiger partial charge on any atom is 0.341 e. The van der Waals surface area contributed by atoms with Crippen molar-refractivity contribution in [3.8, 4) is 0 Å². The molecule has 47 heavy (non-hydrogen) atoms. The highest BCUT2D eigenvalue weighted by molar-refractivity contribution is 8.00. The average molecular weight is 688 g/mol. The highest BCUT2D eigenvalue weighted by Gasteiger charge is 2.29. The third-order valence-electron chi connectivity index (χ3n) is 7.39. The molecule has 1 atom stereocenters. The first-order chi connectivity index (χ1) is 22.7. The number of thioether (sulfide) groups is 1. The van der Waals surface area contributed by atoms with E-state index in [0.717, 1.165) is 34.6 Å². The second-order valence-corrected chi connectivity index (χ2v) is 13.6. The van der Waals surface area contributed by atoms with Crippen LogP contribution in [-0.4, -0.2) is 36.1 Å². The third kappa shape index (κ3) is 9.12. The summed E-state index contributed by atoms with van der Waals surface area (Å²) in [5, 5.41) is 9.53. The second kappa shape index (κ2) is 15.9. The first-order valence-corrected chi connectivity index (χ1v) is 17.4. The van der Waals surface area contributed by atoms with Crippen molar-refractivity contribution in [2.75, 3.05) is 23.0 Å². The number of amides is 3. The van der Waals surface area contributed by atoms with Crippen molar-refractivity contribution in [3.63, 3.8) is 0 Å². The molecule has 242 valence electrons. The van der Waals surface area contributed by atoms with Gasteiger partial charge in [-0.25, -0.2) is 4.79 Å². The monoisotopic (exact) mass is 687 g/mol. The highest BCUT2D eigenvalue weighted by Crippen LogP contribution is 2.40. The molecule has 8 nitrogen and oxygen atoms in total. The number of hydrogen-bond acceptors (Lipinski definition) is 7. The quantitative estimate of drug-likeness (QED) is 0.0841. The van der Waals surface area contributed by atoms with Crippen molar-refractivity contribution in [2.45, 2.75) is 38.0 Å². The number of esters is 1. The number of rotatable bonds is 11. The van der Waals surface area contributed by atoms with Crippen LogP contribution in [0.1, 0.15) is 57.0 Å². The Hall–Kier alpha value is -4.38. The summed E-state index contributed by atoms with van der Waals surface area (Å²) in [6.45, 7) is 4.21. The molecule has 5 rings (SSSR count). The maximum atomic E-state index is 13.5. The van der Waals surface area contributed by atoms with E-state index in [4.69, 9.17) is 16.3 Å². The van der Waals surface area contributed by atoms with Gasteiger partial charge < -0.3 is 20.7 Å². The Kier molecular flexibility index (Phi) is 11.5. The van der Waals surface area contributed by atoms with E-state index in [2.05, 4.69) is 22.9 Å². The molecule has 1 aliphatic carbocycles. The van der Waals surface area contributed by atoms with E-state index in [1.54, 1.807) is 85.8 Å². The van der Waals surface area contributed by atoms with E-state index in [9.17, 15) is 19.2 Å². The number of carbonyl (C=O) groups is 4. The fourth-order valence-corrected chi connectivity index (χ4v) is 7.51. The lowest BCUT2D eigenvalue weighted by Crippen LogP contribution is -2.30. The lowest BCUT2D eigenvalue weighted by molar-refractivity contribution is -0.114. The topological polar surface area (TPSA) is 114 Å². The number of carbonyl (C=O) groups excluding carboxylic acids is 4. The predicted octanol–water partition coefficient (Wildman–Crippen LogP) is 7.84. The van der Waals surface area contributed by atoms with Gasteiger partial charge in [-0.2, -0.15) is 0 Å². The van der Waals surface area contributed by atoms with E-state index < -0.39 is 17.8 Å². The minimum Gasteiger partial charge on any atom is -0.462 e. The highest BCUT2D eigenvalue weighted by atomic mass is 35.5. The van der Waals surface area contributed by atoms with Gasteiger partial charge in [-0.15, -0.1) is 23.1 Å². The molecular weight excluding hydrogens is 654 g/mol. The molecule has 0 spiro atoms. The van der Waals surface area contributed by atoms with Gasteiger partial charge in [0.1, 0.15) is 10.7 Å². The first kappa shape index (κ1) is 34.0. The Morgan fingerprint density at radius 2 is 1.79 bits per heavy atom. The summed E-state index contributed by atoms with van der Waals surface area (Å²) in [6, 6.07) is 22.6. The molecule has 3 aromatic carbocycles. The molecule has 0 bridgehead atoms. The van der Waals surface area contributed by atoms with Crippen molar-refractivity contribution in [3.05, 3.63) is 117 Å². The zero-order chi connectivity index (χ0) is 33.3. The minimum atomic E-state index is -0.531. The number of hydrogen-bond donors (Lipinski definition) is 3. The van der Waals surface area contributed by atoms with Crippen LogP contribution in [0.5, 0.6) is 0 Å². The summed E-state index contributed by atoms with van der Waals surface area (Å²) in [4.78, 5) is 54.2. The van der Waals surface area contributed by atoms with Gasteiger partial charge in [-0.1, -0.05) is 54.9 Å². The van der Waals surface area contributed by atoms with Crippen LogP contribution < -0.4 is 16.0 Å². The van der Waals surface area contributed by atoms with Crippen LogP contribution in [0.4, 0.5) is 10.7 Å². The van der Waals surface area contributed by atoms with Gasteiger partial charge in [0, 0.05) is 26.0 Å². The van der Waals surface area contributed by atoms with Crippen molar-refractivity contribution in [1.29, 1.82) is 0 Å². The van der Waals surface area contributed by atoms with Gasteiger partial charge in [0.25, 0.3) is 11.8 Å². The fourth-order valence-electron chi connectivity index (χ4n) is 5.14. The van der Waals surface area contributed by atoms with Gasteiger partial charge in [-0.05, 0) is 91.8 Å². The summed E-state index contributed by atoms with van der Waals surface area (Å²) in [5.41, 5.74) is 3.02. The molecule has 0 fully saturated rings. The average Bonchev–Trinajstić information content (AvgIpc) is 3.40. The molecule has 1 heterocycles. The molecule has 3 N–H and O–H groups in total. The lowest BCUT2D eigenvalue weighted by Gasteiger charge is -2.18. The largest absolute Gasteiger partial charge is 0.462 e. The van der Waals surface area contributed by atoms with Crippen LogP contribution >= 0.6 is 34.7 Å². The zero-order valence-electron chi connectivity index (χ0n) is 25.9. The zero-order valence-corrected chi connectivity index (χ0v) is 28.3. The Morgan fingerprint density at radius 3 is 2.55 bits per heavy atom. The lowest BCUT2D eigenvalue weighted by atomic mass is 9.88. The molecule has 0 saturated carbocycles. The van der Waals surface area contributed by atoms with Gasteiger partial charge in [0.05, 0.1) is 17.9 Å². The van der Waals surface area contributed by atoms with E-state index in [1.165, 1.54) is 23.1 Å². The van der Waals surface area contributed by atoms with Crippen LogP contribution in [0.3, 0.4) is 0 Å². The maximum absolute atomic E-state index is 13.5. The minimum absolute atomic E-state index is 0.0315. The number of nitrogens with one attached hydrogen (secondary N) is 3. The number of benzene rings is 3. The number of thiophene rings is 1. The third-order valence-corrected chi connectivity index (χ3v) is 9.79. The smallest absolute Gasteiger partial charge is 0.341 e. The fraction of sp³-hybridized carbons (Fsp3) is 0.222. The SMILES string of the molecule is CCOC(=O)c1c(NC(=O)CSc2cccc(NC(=O)/C(=C/c3cccc(Cl)c3)NC(=O)c3ccccc3)c2)sc2c1CCC(C)C2. The molecule has 1 unspecified atom stereocenters. The van der Waals surface area contributed by atoms with Gasteiger partial charge >= 0.3 is 5.97 Å². The Balaban J connectivity index is 1.26. The van der Waals surface area contributed by atoms with Gasteiger partial charge in [0.15, 0.2) is 0 Å². The van der Waals surface area contributed by atoms with E-state index in [0.29, 0.717) is 38.3 Å². The molecule has 3 amide bonds. The Morgan fingerprint density at radius 1 is 1.00 bits per heavy atom. The number of ether oxygens (including phenoxy) is 1. The van der Waals surface area contributed by atoms with Crippen molar-refractivity contribution >= 4 is 75.2 Å². The van der Waals surface area contributed by atoms with Crippen LogP contribution in [-0.2, 0) is 27.2 Å². The standard InChI is InChI=1S/C36H34ClN3O5S2/c1-3-45-36(44)32-28-16-15-22(2)17-30(28)47-35(32)40-31(41)21-46-27-14-8-13-26(20-27)38-34(43)29(19-23-9-7-12-25(37)18-23)39-33(42)24-10-5-4-6-11-24/h4-14,18-20,22H,3,15-17,21H2,1-2H3,(H,38,43)(H,39,42)(H,40,41)/b29-19-. The summed E-state index contributed by atoms with van der Waals surface area (Å²) in [7, 11) is 0. The molecule has 1 aliphatic rings. The summed E-state index contributed by atoms with van der Waals surface area (Å²) < 4.78 is 5.32. The van der Waals surface area contributed by atoms with E-state index >= 15 is 0 Å². The Bertz CT molecular complexity index is 1820. The van der Waals surface area contributed by atoms with E-state index in [1.807, 2.05) is 6.07 Å². The molecule has 0 aliphatic heterocycles. The van der Waals surface area contributed by atoms with E-state index in [-0.39, 0.29) is 24.0 Å². The molecule has 11 heteroatoms. The summed E-state index contributed by atoms with van der Waals surface area (Å²) >= 11 is 8.90. The number of halogens is 1. The molecule has 1 aromatic heterocycles. The molecule has 0 saturated heterocycles. The van der Waals surface area contributed by atoms with Crippen LogP contribution in [0.2, 0.25) is 5.02 Å². The molecule has 0 radical (unpaired) electrons. The van der Waals surface area contributed by atoms with Crippen LogP contribution in [0, 0.1) is 5.92 Å². The summed E-state index contributed by atoms with van der Waals surface area (Å²) in [5.74, 6) is -1.02. The number of anilines is 2. The number of fused-ring (bicyclic) bond motifs is 1. The second-order valence-electron chi connectivity index (χ2n) is 11.0. The normalized spacial score (nSPS) is 14.1. The predicted molar refractivity (Wildman–Crippen MR) is 189 cm³/mol. The first-order valence-electron chi connectivity index (χ1n) is 15.2. The van der Waals surface area contributed by atoms with Crippen molar-refractivity contribution in [1.82, 2.24) is 5.32 Å². The molecule has 4 aromatic rings. The van der Waals surface area contributed by atoms with Gasteiger partial charge in [-0.3, -0.25) is 14.4 Å². The van der Waals surface area contributed by atoms with Gasteiger partial charge in [0.2, 0.25) is 5.91 Å². The van der Waals surface area contributed by atoms with Crippen molar-refractivity contribution in [2.24, 2.45) is 5.92 Å².